The summed E-state index contributed by atoms with van der Waals surface area (Å²) >= 11 is 0. The molecule has 2 saturated heterocycles. The highest BCUT2D eigenvalue weighted by Crippen LogP contribution is 2.35. The second kappa shape index (κ2) is 12.1. The molecule has 2 heterocycles. The molecule has 2 fully saturated rings. The predicted molar refractivity (Wildman–Crippen MR) is 68.4 cm³/mol. The van der Waals surface area contributed by atoms with Crippen LogP contribution in [-0.4, -0.2) is 42.8 Å². The first-order valence-corrected chi connectivity index (χ1v) is 7.95. The van der Waals surface area contributed by atoms with E-state index < -0.39 is 7.82 Å². The zero-order valence-corrected chi connectivity index (χ0v) is 11.9. The first kappa shape index (κ1) is 18.0. The first-order chi connectivity index (χ1) is 8.56. The molecule has 0 saturated carbocycles. The second-order valence-corrected chi connectivity index (χ2v) is 5.20. The van der Waals surface area contributed by atoms with E-state index in [1.807, 2.05) is 6.92 Å². The van der Waals surface area contributed by atoms with E-state index in [4.69, 9.17) is 19.3 Å². The molecule has 0 spiro atoms. The van der Waals surface area contributed by atoms with E-state index >= 15 is 0 Å². The number of phosphoric acid groups is 1. The number of unbranched alkanes of at least 4 members (excludes halogenated alkanes) is 2. The predicted octanol–water partition coefficient (Wildman–Crippen LogP) is 2.10. The van der Waals surface area contributed by atoms with Crippen molar-refractivity contribution in [2.75, 3.05) is 33.0 Å². The van der Waals surface area contributed by atoms with E-state index in [9.17, 15) is 4.57 Å². The fourth-order valence-corrected chi connectivity index (χ4v) is 1.19. The molecule has 2 aliphatic heterocycles. The Bertz CT molecular complexity index is 194. The number of rotatable bonds is 5. The van der Waals surface area contributed by atoms with E-state index in [2.05, 4.69) is 4.52 Å². The van der Waals surface area contributed by atoms with Gasteiger partial charge in [0.2, 0.25) is 0 Å². The van der Waals surface area contributed by atoms with Crippen molar-refractivity contribution in [2.24, 2.45) is 0 Å². The van der Waals surface area contributed by atoms with E-state index in [1.54, 1.807) is 0 Å². The van der Waals surface area contributed by atoms with Gasteiger partial charge in [0.05, 0.1) is 6.61 Å². The van der Waals surface area contributed by atoms with Crippen molar-refractivity contribution in [2.45, 2.75) is 39.0 Å². The minimum atomic E-state index is -4.21. The fraction of sp³-hybridized carbons (Fsp3) is 1.00. The van der Waals surface area contributed by atoms with Crippen LogP contribution in [0.3, 0.4) is 0 Å². The molecule has 0 aromatic carbocycles. The number of hydrogen-bond donors (Lipinski definition) is 2. The van der Waals surface area contributed by atoms with Crippen LogP contribution >= 0.6 is 7.82 Å². The molecule has 0 atom stereocenters. The maximum atomic E-state index is 10.1. The Hall–Kier alpha value is 0.0300. The fourth-order valence-electron chi connectivity index (χ4n) is 0.824. The monoisotopic (exact) mass is 284 g/mol. The molecule has 0 bridgehead atoms. The van der Waals surface area contributed by atoms with Crippen molar-refractivity contribution < 1.29 is 28.3 Å². The normalized spacial score (nSPS) is 17.3. The molecule has 18 heavy (non-hydrogen) atoms. The van der Waals surface area contributed by atoms with Crippen LogP contribution < -0.4 is 0 Å². The first-order valence-electron chi connectivity index (χ1n) is 6.42. The number of ether oxygens (including phenoxy) is 2. The largest absolute Gasteiger partial charge is 0.469 e. The third-order valence-corrected chi connectivity index (χ3v) is 2.68. The highest BCUT2D eigenvalue weighted by Gasteiger charge is 2.11. The summed E-state index contributed by atoms with van der Waals surface area (Å²) in [5.41, 5.74) is 0. The summed E-state index contributed by atoms with van der Waals surface area (Å²) in [6.07, 6.45) is 5.23. The third-order valence-electron chi connectivity index (χ3n) is 2.16. The van der Waals surface area contributed by atoms with Crippen LogP contribution in [-0.2, 0) is 18.6 Å². The molecule has 2 N–H and O–H groups in total. The van der Waals surface area contributed by atoms with Gasteiger partial charge in [-0.1, -0.05) is 19.8 Å². The van der Waals surface area contributed by atoms with Gasteiger partial charge in [0.25, 0.3) is 0 Å². The summed E-state index contributed by atoms with van der Waals surface area (Å²) in [5.74, 6) is 0. The molecule has 110 valence electrons. The lowest BCUT2D eigenvalue weighted by molar-refractivity contribution is 0.0366. The van der Waals surface area contributed by atoms with Gasteiger partial charge in [0.15, 0.2) is 0 Å². The molecule has 0 aromatic heterocycles. The topological polar surface area (TPSA) is 85.2 Å². The van der Waals surface area contributed by atoms with Gasteiger partial charge in [-0.2, -0.15) is 0 Å². The Morgan fingerprint density at radius 1 is 1.06 bits per heavy atom. The van der Waals surface area contributed by atoms with Crippen LogP contribution in [0.25, 0.3) is 0 Å². The van der Waals surface area contributed by atoms with E-state index in [-0.39, 0.29) is 6.61 Å². The average Bonchev–Trinajstić information content (AvgIpc) is 2.05. The number of hydrogen-bond acceptors (Lipinski definition) is 4. The van der Waals surface area contributed by atoms with Crippen molar-refractivity contribution in [3.05, 3.63) is 0 Å². The Balaban J connectivity index is 0.000000288. The van der Waals surface area contributed by atoms with Gasteiger partial charge >= 0.3 is 7.82 Å². The van der Waals surface area contributed by atoms with Gasteiger partial charge in [-0.25, -0.2) is 4.57 Å². The Morgan fingerprint density at radius 3 is 1.67 bits per heavy atom. The average molecular weight is 284 g/mol. The summed E-state index contributed by atoms with van der Waals surface area (Å²) in [7, 11) is -4.21. The van der Waals surface area contributed by atoms with Gasteiger partial charge < -0.3 is 19.3 Å². The van der Waals surface area contributed by atoms with Crippen molar-refractivity contribution in [3.63, 3.8) is 0 Å². The Morgan fingerprint density at radius 2 is 1.44 bits per heavy atom. The minimum absolute atomic E-state index is 0.151. The Labute approximate surface area is 109 Å². The van der Waals surface area contributed by atoms with Crippen LogP contribution in [0.4, 0.5) is 0 Å². The zero-order valence-electron chi connectivity index (χ0n) is 11.0. The van der Waals surface area contributed by atoms with Crippen molar-refractivity contribution in [3.8, 4) is 0 Å². The second-order valence-electron chi connectivity index (χ2n) is 3.96. The molecule has 7 heteroatoms. The lowest BCUT2D eigenvalue weighted by Gasteiger charge is -2.09. The van der Waals surface area contributed by atoms with Crippen LogP contribution in [0, 0.1) is 0 Å². The molecule has 6 nitrogen and oxygen atoms in total. The van der Waals surface area contributed by atoms with Gasteiger partial charge in [0.1, 0.15) is 0 Å². The van der Waals surface area contributed by atoms with Crippen LogP contribution in [0.15, 0.2) is 0 Å². The number of phosphoric ester groups is 1. The third kappa shape index (κ3) is 16.0. The van der Waals surface area contributed by atoms with E-state index in [0.29, 0.717) is 6.42 Å². The molecule has 2 rings (SSSR count). The summed E-state index contributed by atoms with van der Waals surface area (Å²) in [5, 5.41) is 0. The highest BCUT2D eigenvalue weighted by atomic mass is 31.2. The summed E-state index contributed by atoms with van der Waals surface area (Å²) < 4.78 is 23.7. The van der Waals surface area contributed by atoms with Crippen LogP contribution in [0.5, 0.6) is 0 Å². The maximum absolute atomic E-state index is 10.1. The quantitative estimate of drug-likeness (QED) is 0.594. The van der Waals surface area contributed by atoms with Crippen molar-refractivity contribution in [1.82, 2.24) is 0 Å². The molecule has 0 aliphatic carbocycles. The summed E-state index contributed by atoms with van der Waals surface area (Å²) in [6, 6.07) is 0. The highest BCUT2D eigenvalue weighted by molar-refractivity contribution is 7.46. The molecule has 0 unspecified atom stereocenters. The molecule has 0 amide bonds. The minimum Gasteiger partial charge on any atom is -0.381 e. The molecule has 2 aliphatic rings. The van der Waals surface area contributed by atoms with Crippen molar-refractivity contribution >= 4 is 7.82 Å². The lowest BCUT2D eigenvalue weighted by atomic mass is 10.3. The summed E-state index contributed by atoms with van der Waals surface area (Å²) in [6.45, 7) is 6.16. The van der Waals surface area contributed by atoms with Crippen LogP contribution in [0.1, 0.15) is 39.0 Å². The van der Waals surface area contributed by atoms with E-state index in [0.717, 1.165) is 39.3 Å². The van der Waals surface area contributed by atoms with Crippen LogP contribution in [0.2, 0.25) is 0 Å². The lowest BCUT2D eigenvalue weighted by Crippen LogP contribution is -2.09. The standard InChI is InChI=1S/C5H13O4P.2C3H6O/c1-2-3-4-5-9-10(6,7)8;2*1-2-4-3-1/h2-5H2,1H3,(H2,6,7,8);2*1-3H2. The van der Waals surface area contributed by atoms with Crippen molar-refractivity contribution in [1.29, 1.82) is 0 Å². The van der Waals surface area contributed by atoms with Gasteiger partial charge in [-0.15, -0.1) is 0 Å². The molecule has 0 radical (unpaired) electrons. The molecule has 0 aromatic rings. The van der Waals surface area contributed by atoms with Gasteiger partial charge in [-0.3, -0.25) is 4.52 Å². The SMILES string of the molecule is C1COC1.C1COC1.CCCCCOP(=O)(O)O. The summed E-state index contributed by atoms with van der Waals surface area (Å²) in [4.78, 5) is 16.4. The maximum Gasteiger partial charge on any atom is 0.469 e. The molecular formula is C11H25O6P. The zero-order chi connectivity index (χ0) is 13.7. The Kier molecular flexibility index (Phi) is 12.1. The van der Waals surface area contributed by atoms with E-state index in [1.165, 1.54) is 12.8 Å². The van der Waals surface area contributed by atoms with Gasteiger partial charge in [-0.05, 0) is 19.3 Å². The smallest absolute Gasteiger partial charge is 0.381 e. The van der Waals surface area contributed by atoms with Gasteiger partial charge in [0, 0.05) is 26.4 Å². The molecular weight excluding hydrogens is 259 g/mol.